The predicted octanol–water partition coefficient (Wildman–Crippen LogP) is 7.15. The van der Waals surface area contributed by atoms with Gasteiger partial charge in [0.05, 0.1) is 12.3 Å². The lowest BCUT2D eigenvalue weighted by molar-refractivity contribution is 0.111. The Balaban J connectivity index is 2.34. The summed E-state index contributed by atoms with van der Waals surface area (Å²) in [6.07, 6.45) is 5.03. The van der Waals surface area contributed by atoms with Crippen molar-refractivity contribution in [2.75, 3.05) is 6.61 Å². The van der Waals surface area contributed by atoms with Crippen molar-refractivity contribution >= 4 is 11.8 Å². The van der Waals surface area contributed by atoms with Crippen LogP contribution in [-0.4, -0.2) is 17.3 Å². The Morgan fingerprint density at radius 1 is 1.03 bits per heavy atom. The highest BCUT2D eigenvalue weighted by molar-refractivity contribution is 5.91. The van der Waals surface area contributed by atoms with Crippen molar-refractivity contribution in [3.63, 3.8) is 0 Å². The van der Waals surface area contributed by atoms with E-state index in [0.717, 1.165) is 47.1 Å². The van der Waals surface area contributed by atoms with Crippen molar-refractivity contribution < 1.29 is 9.53 Å². The van der Waals surface area contributed by atoms with E-state index in [0.29, 0.717) is 24.1 Å². The first-order valence-electron chi connectivity index (χ1n) is 10.8. The first-order chi connectivity index (χ1) is 14.0. The van der Waals surface area contributed by atoms with Gasteiger partial charge in [0.25, 0.3) is 0 Å². The van der Waals surface area contributed by atoms with Gasteiger partial charge in [0, 0.05) is 17.3 Å². The number of hydrogen-bond donors (Lipinski definition) is 0. The van der Waals surface area contributed by atoms with Gasteiger partial charge in [-0.15, -0.1) is 0 Å². The molecule has 3 heteroatoms. The van der Waals surface area contributed by atoms with Gasteiger partial charge in [0.15, 0.2) is 6.29 Å². The number of nitrogens with zero attached hydrogens (tertiary/aromatic N) is 1. The number of fused-ring (bicyclic) bond motifs is 1. The van der Waals surface area contributed by atoms with Gasteiger partial charge in [-0.1, -0.05) is 33.8 Å². The van der Waals surface area contributed by atoms with Crippen LogP contribution in [-0.2, 0) is 0 Å². The van der Waals surface area contributed by atoms with Gasteiger partial charge in [-0.05, 0) is 85.0 Å². The molecule has 0 bridgehead atoms. The Bertz CT molecular complexity index is 984. The zero-order chi connectivity index (χ0) is 21.1. The van der Waals surface area contributed by atoms with Crippen LogP contribution in [0.25, 0.3) is 16.6 Å². The number of carbonyl (C=O) groups is 1. The number of carbonyl (C=O) groups excluding carboxylic acids is 1. The summed E-state index contributed by atoms with van der Waals surface area (Å²) in [6.45, 7) is 13.7. The maximum atomic E-state index is 12.1. The van der Waals surface area contributed by atoms with Gasteiger partial charge in [-0.3, -0.25) is 4.79 Å². The Hall–Kier alpha value is -2.55. The van der Waals surface area contributed by atoms with E-state index in [-0.39, 0.29) is 0 Å². The van der Waals surface area contributed by atoms with Crippen LogP contribution < -0.4 is 4.74 Å². The fraction of sp³-hybridized carbons (Fsp3) is 0.423. The molecule has 0 aliphatic rings. The summed E-state index contributed by atoms with van der Waals surface area (Å²) < 4.78 is 8.16. The maximum Gasteiger partial charge on any atom is 0.167 e. The molecular formula is C26H33NO2. The summed E-state index contributed by atoms with van der Waals surface area (Å²) >= 11 is 0. The largest absolute Gasteiger partial charge is 0.493 e. The highest BCUT2D eigenvalue weighted by atomic mass is 16.5. The zero-order valence-electron chi connectivity index (χ0n) is 18.6. The summed E-state index contributed by atoms with van der Waals surface area (Å²) in [5.41, 5.74) is 7.52. The molecule has 0 radical (unpaired) electrons. The highest BCUT2D eigenvalue weighted by Gasteiger charge is 2.22. The molecule has 3 aromatic rings. The van der Waals surface area contributed by atoms with Gasteiger partial charge >= 0.3 is 0 Å². The van der Waals surface area contributed by atoms with E-state index >= 15 is 0 Å². The third-order valence-corrected chi connectivity index (χ3v) is 6.21. The lowest BCUT2D eigenvalue weighted by Crippen LogP contribution is -2.06. The quantitative estimate of drug-likeness (QED) is 0.382. The molecule has 1 aromatic carbocycles. The van der Waals surface area contributed by atoms with Gasteiger partial charge in [0.2, 0.25) is 0 Å². The van der Waals surface area contributed by atoms with Crippen molar-refractivity contribution in [1.82, 2.24) is 4.40 Å². The molecule has 0 N–H and O–H groups in total. The van der Waals surface area contributed by atoms with Crippen molar-refractivity contribution in [3.8, 4) is 16.9 Å². The van der Waals surface area contributed by atoms with Gasteiger partial charge < -0.3 is 9.14 Å². The summed E-state index contributed by atoms with van der Waals surface area (Å²) in [5.74, 6) is 1.81. The SMILES string of the molecule is CCOc1c(C(C)CC)cc(-c2cc3c(C)cccn3c2C=O)cc1C(C)CC. The number of aromatic nitrogens is 1. The number of ether oxygens (including phenoxy) is 1. The van der Waals surface area contributed by atoms with E-state index in [4.69, 9.17) is 4.74 Å². The number of hydrogen-bond acceptors (Lipinski definition) is 2. The molecule has 3 nitrogen and oxygen atoms in total. The molecule has 0 amide bonds. The summed E-state index contributed by atoms with van der Waals surface area (Å²) in [6, 6.07) is 10.7. The van der Waals surface area contributed by atoms with Crippen molar-refractivity contribution in [2.24, 2.45) is 0 Å². The molecule has 2 unspecified atom stereocenters. The van der Waals surface area contributed by atoms with Gasteiger partial charge in [0.1, 0.15) is 5.75 Å². The fourth-order valence-corrected chi connectivity index (χ4v) is 4.03. The molecule has 29 heavy (non-hydrogen) atoms. The molecule has 2 heterocycles. The molecule has 154 valence electrons. The van der Waals surface area contributed by atoms with E-state index < -0.39 is 0 Å². The Labute approximate surface area is 174 Å². The van der Waals surface area contributed by atoms with Crippen LogP contribution in [0.5, 0.6) is 5.75 Å². The minimum absolute atomic E-state index is 0.387. The molecule has 0 fully saturated rings. The Morgan fingerprint density at radius 2 is 1.66 bits per heavy atom. The number of benzene rings is 1. The molecular weight excluding hydrogens is 358 g/mol. The number of pyridine rings is 1. The molecule has 2 atom stereocenters. The first-order valence-corrected chi connectivity index (χ1v) is 10.8. The molecule has 0 aliphatic heterocycles. The second-order valence-electron chi connectivity index (χ2n) is 8.04. The van der Waals surface area contributed by atoms with Crippen LogP contribution >= 0.6 is 0 Å². The second-order valence-corrected chi connectivity index (χ2v) is 8.04. The van der Waals surface area contributed by atoms with Gasteiger partial charge in [-0.2, -0.15) is 0 Å². The first kappa shape index (κ1) is 21.2. The molecule has 3 rings (SSSR count). The van der Waals surface area contributed by atoms with Crippen LogP contribution in [0.2, 0.25) is 0 Å². The smallest absolute Gasteiger partial charge is 0.167 e. The van der Waals surface area contributed by atoms with E-state index in [9.17, 15) is 4.79 Å². The Kier molecular flexibility index (Phi) is 6.46. The Morgan fingerprint density at radius 3 is 2.17 bits per heavy atom. The zero-order valence-corrected chi connectivity index (χ0v) is 18.6. The van der Waals surface area contributed by atoms with Crippen LogP contribution in [0.1, 0.15) is 86.5 Å². The van der Waals surface area contributed by atoms with E-state index in [1.165, 1.54) is 11.1 Å². The number of aldehydes is 1. The average Bonchev–Trinajstić information content (AvgIpc) is 3.12. The van der Waals surface area contributed by atoms with Crippen LogP contribution in [0.4, 0.5) is 0 Å². The van der Waals surface area contributed by atoms with Gasteiger partial charge in [-0.25, -0.2) is 0 Å². The van der Waals surface area contributed by atoms with Crippen molar-refractivity contribution in [2.45, 2.75) is 66.2 Å². The fourth-order valence-electron chi connectivity index (χ4n) is 4.03. The van der Waals surface area contributed by atoms with E-state index in [1.807, 2.05) is 23.6 Å². The molecule has 0 saturated heterocycles. The minimum Gasteiger partial charge on any atom is -0.493 e. The lowest BCUT2D eigenvalue weighted by atomic mass is 9.86. The lowest BCUT2D eigenvalue weighted by Gasteiger charge is -2.23. The second kappa shape index (κ2) is 8.86. The topological polar surface area (TPSA) is 30.7 Å². The average molecular weight is 392 g/mol. The minimum atomic E-state index is 0.387. The monoisotopic (exact) mass is 391 g/mol. The van der Waals surface area contributed by atoms with E-state index in [1.54, 1.807) is 0 Å². The summed E-state index contributed by atoms with van der Waals surface area (Å²) in [4.78, 5) is 12.1. The van der Waals surface area contributed by atoms with Crippen LogP contribution in [0.15, 0.2) is 36.5 Å². The third-order valence-electron chi connectivity index (χ3n) is 6.21. The van der Waals surface area contributed by atoms with E-state index in [2.05, 4.69) is 58.9 Å². The number of rotatable bonds is 8. The van der Waals surface area contributed by atoms with Crippen molar-refractivity contribution in [1.29, 1.82) is 0 Å². The molecule has 0 aliphatic carbocycles. The standard InChI is InChI=1S/C26H33NO2/c1-7-17(4)21-13-20(14-22(18(5)8-2)26(21)29-9-3)23-15-24-19(6)11-10-12-27(24)25(23)16-28/h10-18H,7-9H2,1-6H3. The molecule has 0 saturated carbocycles. The maximum absolute atomic E-state index is 12.1. The number of aryl methyl sites for hydroxylation is 1. The third kappa shape index (κ3) is 3.83. The van der Waals surface area contributed by atoms with Crippen LogP contribution in [0.3, 0.4) is 0 Å². The normalized spacial score (nSPS) is 13.4. The van der Waals surface area contributed by atoms with Crippen molar-refractivity contribution in [3.05, 3.63) is 58.9 Å². The molecule has 2 aromatic heterocycles. The molecule has 0 spiro atoms. The van der Waals surface area contributed by atoms with Crippen LogP contribution in [0, 0.1) is 6.92 Å². The highest BCUT2D eigenvalue weighted by Crippen LogP contribution is 2.41. The summed E-state index contributed by atoms with van der Waals surface area (Å²) in [7, 11) is 0. The predicted molar refractivity (Wildman–Crippen MR) is 122 cm³/mol. The summed E-state index contributed by atoms with van der Waals surface area (Å²) in [5, 5.41) is 0.